The normalized spacial score (nSPS) is 13.1. The van der Waals surface area contributed by atoms with Crippen LogP contribution in [-0.2, 0) is 17.8 Å². The maximum atomic E-state index is 13.2. The molecule has 1 aliphatic heterocycles. The average Bonchev–Trinajstić information content (AvgIpc) is 3.08. The monoisotopic (exact) mass is 616 g/mol. The molecule has 2 aromatic heterocycles. The van der Waals surface area contributed by atoms with Crippen LogP contribution in [0.2, 0.25) is 0 Å². The van der Waals surface area contributed by atoms with Gasteiger partial charge in [0, 0.05) is 49.7 Å². The summed E-state index contributed by atoms with van der Waals surface area (Å²) in [5.41, 5.74) is 3.80. The van der Waals surface area contributed by atoms with Crippen LogP contribution >= 0.6 is 0 Å². The fraction of sp³-hybridized carbons (Fsp3) is 0.200. The van der Waals surface area contributed by atoms with E-state index in [1.807, 2.05) is 47.1 Å². The van der Waals surface area contributed by atoms with Gasteiger partial charge in [-0.3, -0.25) is 19.0 Å². The summed E-state index contributed by atoms with van der Waals surface area (Å²) in [7, 11) is 0. The molecule has 0 unspecified atom stereocenters. The summed E-state index contributed by atoms with van der Waals surface area (Å²) in [6, 6.07) is 25.9. The van der Waals surface area contributed by atoms with Crippen molar-refractivity contribution < 1.29 is 19.5 Å². The van der Waals surface area contributed by atoms with Gasteiger partial charge in [0.25, 0.3) is 11.5 Å². The Morgan fingerprint density at radius 2 is 1.46 bits per heavy atom. The van der Waals surface area contributed by atoms with Gasteiger partial charge in [0.05, 0.1) is 23.4 Å². The molecular weight excluding hydrogens is 584 g/mol. The highest BCUT2D eigenvalue weighted by molar-refractivity contribution is 5.94. The Morgan fingerprint density at radius 3 is 2.13 bits per heavy atom. The smallest absolute Gasteiger partial charge is 0.335 e. The van der Waals surface area contributed by atoms with Crippen molar-refractivity contribution in [2.45, 2.75) is 19.9 Å². The molecule has 5 aromatic rings. The SMILES string of the molecule is Cc1nc(N2CCN(C(=O)Cc3ccccc3)CC2)nc2c1ccc(=O)n2-c1ccc(C(=O)NCc2ccc(C(=O)O)cc2)cc1. The Bertz CT molecular complexity index is 1970. The van der Waals surface area contributed by atoms with E-state index in [-0.39, 0.29) is 29.5 Å². The van der Waals surface area contributed by atoms with Gasteiger partial charge in [0.2, 0.25) is 11.9 Å². The molecule has 0 atom stereocenters. The lowest BCUT2D eigenvalue weighted by Crippen LogP contribution is -2.49. The molecule has 0 bridgehead atoms. The number of hydrogen-bond acceptors (Lipinski definition) is 7. The zero-order valence-electron chi connectivity index (χ0n) is 25.2. The number of aromatic nitrogens is 3. The van der Waals surface area contributed by atoms with Gasteiger partial charge in [-0.1, -0.05) is 42.5 Å². The lowest BCUT2D eigenvalue weighted by Gasteiger charge is -2.35. The summed E-state index contributed by atoms with van der Waals surface area (Å²) in [4.78, 5) is 63.4. The first-order chi connectivity index (χ1) is 22.3. The number of nitrogens with one attached hydrogen (secondary N) is 1. The maximum Gasteiger partial charge on any atom is 0.335 e. The molecule has 6 rings (SSSR count). The summed E-state index contributed by atoms with van der Waals surface area (Å²) in [6.45, 7) is 4.34. The molecule has 0 radical (unpaired) electrons. The second kappa shape index (κ2) is 13.0. The summed E-state index contributed by atoms with van der Waals surface area (Å²) < 4.78 is 1.51. The molecule has 0 saturated carbocycles. The quantitative estimate of drug-likeness (QED) is 0.270. The number of aromatic carboxylic acids is 1. The van der Waals surface area contributed by atoms with Crippen molar-refractivity contribution in [2.75, 3.05) is 31.1 Å². The van der Waals surface area contributed by atoms with Crippen molar-refractivity contribution in [2.24, 2.45) is 0 Å². The lowest BCUT2D eigenvalue weighted by molar-refractivity contribution is -0.130. The van der Waals surface area contributed by atoms with Crippen molar-refractivity contribution in [3.63, 3.8) is 0 Å². The molecule has 3 aromatic carbocycles. The number of carbonyl (C=O) groups excluding carboxylic acids is 2. The third-order valence-electron chi connectivity index (χ3n) is 8.08. The number of piperazine rings is 1. The van der Waals surface area contributed by atoms with Crippen molar-refractivity contribution in [1.82, 2.24) is 24.8 Å². The highest BCUT2D eigenvalue weighted by atomic mass is 16.4. The molecule has 3 heterocycles. The Kier molecular flexibility index (Phi) is 8.55. The Labute approximate surface area is 264 Å². The van der Waals surface area contributed by atoms with Gasteiger partial charge in [0.15, 0.2) is 5.65 Å². The van der Waals surface area contributed by atoms with Gasteiger partial charge in [-0.15, -0.1) is 0 Å². The molecule has 11 heteroatoms. The van der Waals surface area contributed by atoms with Crippen LogP contribution in [-0.4, -0.2) is 68.5 Å². The number of nitrogens with zero attached hydrogens (tertiary/aromatic N) is 5. The van der Waals surface area contributed by atoms with E-state index in [1.54, 1.807) is 42.5 Å². The maximum absolute atomic E-state index is 13.2. The van der Waals surface area contributed by atoms with E-state index in [0.717, 1.165) is 22.2 Å². The number of anilines is 1. The summed E-state index contributed by atoms with van der Waals surface area (Å²) in [5, 5.41) is 12.6. The highest BCUT2D eigenvalue weighted by Gasteiger charge is 2.24. The summed E-state index contributed by atoms with van der Waals surface area (Å²) >= 11 is 0. The van der Waals surface area contributed by atoms with E-state index in [2.05, 4.69) is 5.32 Å². The lowest BCUT2D eigenvalue weighted by atomic mass is 10.1. The molecule has 1 fully saturated rings. The van der Waals surface area contributed by atoms with Gasteiger partial charge >= 0.3 is 5.97 Å². The molecule has 0 spiro atoms. The van der Waals surface area contributed by atoms with Gasteiger partial charge in [-0.2, -0.15) is 4.98 Å². The molecule has 2 amide bonds. The van der Waals surface area contributed by atoms with Crippen LogP contribution in [0.3, 0.4) is 0 Å². The molecular formula is C35H32N6O5. The van der Waals surface area contributed by atoms with E-state index in [9.17, 15) is 19.2 Å². The Hall–Kier alpha value is -5.84. The van der Waals surface area contributed by atoms with E-state index < -0.39 is 5.97 Å². The second-order valence-corrected chi connectivity index (χ2v) is 11.1. The molecule has 11 nitrogen and oxygen atoms in total. The zero-order chi connectivity index (χ0) is 32.2. The number of fused-ring (bicyclic) bond motifs is 1. The van der Waals surface area contributed by atoms with Gasteiger partial charge in [-0.05, 0) is 60.5 Å². The minimum Gasteiger partial charge on any atom is -0.478 e. The zero-order valence-corrected chi connectivity index (χ0v) is 25.2. The third-order valence-corrected chi connectivity index (χ3v) is 8.08. The number of benzene rings is 3. The van der Waals surface area contributed by atoms with Crippen molar-refractivity contribution in [1.29, 1.82) is 0 Å². The van der Waals surface area contributed by atoms with Crippen molar-refractivity contribution in [3.8, 4) is 5.69 Å². The van der Waals surface area contributed by atoms with Gasteiger partial charge < -0.3 is 20.2 Å². The molecule has 232 valence electrons. The predicted molar refractivity (Wildman–Crippen MR) is 173 cm³/mol. The van der Waals surface area contributed by atoms with Crippen LogP contribution in [0.5, 0.6) is 0 Å². The molecule has 46 heavy (non-hydrogen) atoms. The largest absolute Gasteiger partial charge is 0.478 e. The summed E-state index contributed by atoms with van der Waals surface area (Å²) in [6.07, 6.45) is 0.363. The fourth-order valence-electron chi connectivity index (χ4n) is 5.49. The Morgan fingerprint density at radius 1 is 0.783 bits per heavy atom. The van der Waals surface area contributed by atoms with Crippen LogP contribution in [0.4, 0.5) is 5.95 Å². The van der Waals surface area contributed by atoms with Crippen molar-refractivity contribution in [3.05, 3.63) is 129 Å². The van der Waals surface area contributed by atoms with Crippen LogP contribution in [0, 0.1) is 6.92 Å². The van der Waals surface area contributed by atoms with E-state index in [4.69, 9.17) is 15.1 Å². The molecule has 1 aliphatic rings. The fourth-order valence-corrected chi connectivity index (χ4v) is 5.49. The van der Waals surface area contributed by atoms with Gasteiger partial charge in [-0.25, -0.2) is 9.78 Å². The number of rotatable bonds is 8. The Balaban J connectivity index is 1.17. The first-order valence-corrected chi connectivity index (χ1v) is 14.9. The van der Waals surface area contributed by atoms with E-state index in [1.165, 1.54) is 22.8 Å². The number of pyridine rings is 1. The van der Waals surface area contributed by atoms with Crippen LogP contribution in [0.15, 0.2) is 95.8 Å². The minimum absolute atomic E-state index is 0.0850. The summed E-state index contributed by atoms with van der Waals surface area (Å²) in [5.74, 6) is -0.737. The standard InChI is InChI=1S/C35H32N6O5/c1-23-29-15-16-30(42)41(28-13-11-26(12-14-28)33(44)36-22-25-7-9-27(10-8-25)34(45)46)32(29)38-35(37-23)40-19-17-39(18-20-40)31(43)21-24-5-3-2-4-6-24/h2-16H,17-22H2,1H3,(H,36,44)(H,45,46). The van der Waals surface area contributed by atoms with Crippen LogP contribution in [0.25, 0.3) is 16.7 Å². The first-order valence-electron chi connectivity index (χ1n) is 14.9. The van der Waals surface area contributed by atoms with E-state index >= 15 is 0 Å². The number of carboxylic acids is 1. The predicted octanol–water partition coefficient (Wildman–Crippen LogP) is 3.61. The van der Waals surface area contributed by atoms with Crippen LogP contribution < -0.4 is 15.8 Å². The number of amides is 2. The highest BCUT2D eigenvalue weighted by Crippen LogP contribution is 2.22. The van der Waals surface area contributed by atoms with Gasteiger partial charge in [0.1, 0.15) is 0 Å². The number of hydrogen-bond donors (Lipinski definition) is 2. The molecule has 0 aliphatic carbocycles. The van der Waals surface area contributed by atoms with E-state index in [0.29, 0.717) is 55.4 Å². The van der Waals surface area contributed by atoms with Crippen LogP contribution in [0.1, 0.15) is 37.5 Å². The number of carboxylic acid groups (broad SMARTS) is 1. The second-order valence-electron chi connectivity index (χ2n) is 11.1. The minimum atomic E-state index is -1.01. The number of aryl methyl sites for hydroxylation is 1. The average molecular weight is 617 g/mol. The topological polar surface area (TPSA) is 138 Å². The third kappa shape index (κ3) is 6.48. The van der Waals surface area contributed by atoms with Crippen molar-refractivity contribution >= 4 is 34.8 Å². The molecule has 2 N–H and O–H groups in total. The number of carbonyl (C=O) groups is 3. The molecule has 1 saturated heterocycles. The first kappa shape index (κ1) is 30.2.